The number of allylic oxidation sites excluding steroid dienone is 2. The van der Waals surface area contributed by atoms with E-state index in [1.54, 1.807) is 0 Å². The van der Waals surface area contributed by atoms with Crippen molar-refractivity contribution >= 4 is 17.0 Å². The monoisotopic (exact) mass is 547 g/mol. The van der Waals surface area contributed by atoms with Crippen molar-refractivity contribution in [3.8, 4) is 11.1 Å². The number of halogens is 2. The van der Waals surface area contributed by atoms with E-state index in [4.69, 9.17) is 17.0 Å². The maximum absolute atomic E-state index is 4.93. The molecule has 0 amide bonds. The summed E-state index contributed by atoms with van der Waals surface area (Å²) in [5.74, 6) is 0. The van der Waals surface area contributed by atoms with Crippen molar-refractivity contribution in [1.29, 1.82) is 0 Å². The standard InChI is InChI=1S/C26H31N.2CH3.2ClH.Zr/c1-6-7-16-27(25-19(4)17(2)18(3)20(25)5)26-23-14-10-8-12-21(23)22-13-9-11-15-24(22)26;;;;;/h8-15,25-26H,6-7,16H2,1-5H3;2*1H3;2*1H;/q;2*-1;;;+4/p-2. The van der Waals surface area contributed by atoms with Gasteiger partial charge in [0.05, 0.1) is 12.1 Å². The van der Waals surface area contributed by atoms with Gasteiger partial charge in [-0.1, -0.05) is 61.9 Å². The molecule has 0 unspecified atom stereocenters. The molecule has 0 radical (unpaired) electrons. The summed E-state index contributed by atoms with van der Waals surface area (Å²) in [6, 6.07) is 18.8. The van der Waals surface area contributed by atoms with Crippen LogP contribution in [0.4, 0.5) is 0 Å². The van der Waals surface area contributed by atoms with Crippen LogP contribution in [0.1, 0.15) is 64.6 Å². The van der Waals surface area contributed by atoms with Crippen molar-refractivity contribution in [1.82, 2.24) is 4.90 Å². The van der Waals surface area contributed by atoms with Gasteiger partial charge in [-0.05, 0) is 85.2 Å². The quantitative estimate of drug-likeness (QED) is 0.336. The summed E-state index contributed by atoms with van der Waals surface area (Å²) in [5, 5.41) is 0. The van der Waals surface area contributed by atoms with E-state index in [0.717, 1.165) is 6.54 Å². The number of fused-ring (bicyclic) bond motifs is 3. The molecule has 32 heavy (non-hydrogen) atoms. The van der Waals surface area contributed by atoms with E-state index in [1.165, 1.54) is 57.4 Å². The molecule has 2 aliphatic rings. The third-order valence-electron chi connectivity index (χ3n) is 6.80. The third-order valence-corrected chi connectivity index (χ3v) is 6.80. The Morgan fingerprint density at radius 1 is 0.750 bits per heavy atom. The Labute approximate surface area is 215 Å². The topological polar surface area (TPSA) is 3.24 Å². The Balaban J connectivity index is 0.000000971. The van der Waals surface area contributed by atoms with Crippen molar-refractivity contribution < 1.29 is 20.8 Å². The van der Waals surface area contributed by atoms with E-state index in [1.807, 2.05) is 0 Å². The van der Waals surface area contributed by atoms with Crippen LogP contribution in [-0.4, -0.2) is 17.5 Å². The van der Waals surface area contributed by atoms with Crippen LogP contribution in [0.25, 0.3) is 11.1 Å². The number of unbranched alkanes of at least 4 members (excludes halogenated alkanes) is 1. The van der Waals surface area contributed by atoms with Crippen LogP contribution in [0.2, 0.25) is 0 Å². The molecule has 0 heterocycles. The van der Waals surface area contributed by atoms with Crippen molar-refractivity contribution in [3.05, 3.63) is 96.8 Å². The molecule has 0 aromatic heterocycles. The van der Waals surface area contributed by atoms with Crippen LogP contribution >= 0.6 is 17.0 Å². The second kappa shape index (κ2) is 13.3. The molecule has 172 valence electrons. The summed E-state index contributed by atoms with van der Waals surface area (Å²) >= 11 is -0.826. The Kier molecular flexibility index (Phi) is 12.2. The molecular formula is C28H37Cl2NZr. The second-order valence-electron chi connectivity index (χ2n) is 8.26. The van der Waals surface area contributed by atoms with Crippen molar-refractivity contribution in [3.63, 3.8) is 0 Å². The van der Waals surface area contributed by atoms with E-state index >= 15 is 0 Å². The maximum atomic E-state index is 4.93. The molecule has 2 aromatic rings. The molecule has 0 saturated carbocycles. The zero-order valence-corrected chi connectivity index (χ0v) is 24.6. The third kappa shape index (κ3) is 5.52. The average molecular weight is 550 g/mol. The molecule has 0 aliphatic heterocycles. The van der Waals surface area contributed by atoms with Gasteiger partial charge >= 0.3 is 37.9 Å². The molecule has 1 nitrogen and oxygen atoms in total. The predicted octanol–water partition coefficient (Wildman–Crippen LogP) is 9.19. The van der Waals surface area contributed by atoms with Crippen LogP contribution in [0.15, 0.2) is 70.8 Å². The predicted molar refractivity (Wildman–Crippen MR) is 140 cm³/mol. The molecule has 0 saturated heterocycles. The van der Waals surface area contributed by atoms with Gasteiger partial charge in [0.15, 0.2) is 0 Å². The summed E-state index contributed by atoms with van der Waals surface area (Å²) < 4.78 is 0. The normalized spacial score (nSPS) is 14.9. The number of hydrogen-bond donors (Lipinski definition) is 0. The van der Waals surface area contributed by atoms with E-state index < -0.39 is 20.8 Å². The van der Waals surface area contributed by atoms with Crippen molar-refractivity contribution in [2.45, 2.75) is 59.5 Å². The van der Waals surface area contributed by atoms with E-state index in [2.05, 4.69) is 88.0 Å². The number of hydrogen-bond acceptors (Lipinski definition) is 1. The van der Waals surface area contributed by atoms with Gasteiger partial charge in [-0.2, -0.15) is 0 Å². The molecule has 0 spiro atoms. The molecule has 2 aliphatic carbocycles. The number of nitrogens with zero attached hydrogens (tertiary/aromatic N) is 1. The van der Waals surface area contributed by atoms with E-state index in [9.17, 15) is 0 Å². The molecule has 2 aromatic carbocycles. The van der Waals surface area contributed by atoms with Gasteiger partial charge in [-0.15, -0.1) is 0 Å². The molecule has 0 atom stereocenters. The Bertz CT molecular complexity index is 894. The molecule has 0 N–H and O–H groups in total. The van der Waals surface area contributed by atoms with Crippen LogP contribution in [0.3, 0.4) is 0 Å². The zero-order chi connectivity index (χ0) is 21.8. The van der Waals surface area contributed by atoms with E-state index in [-0.39, 0.29) is 14.9 Å². The summed E-state index contributed by atoms with van der Waals surface area (Å²) in [5.41, 5.74) is 11.8. The second-order valence-corrected chi connectivity index (χ2v) is 12.0. The first-order valence-corrected chi connectivity index (χ1v) is 17.1. The molecule has 0 bridgehead atoms. The fourth-order valence-corrected chi connectivity index (χ4v) is 5.06. The van der Waals surface area contributed by atoms with Gasteiger partial charge in [0.1, 0.15) is 0 Å². The molecule has 4 heteroatoms. The van der Waals surface area contributed by atoms with Gasteiger partial charge in [0.2, 0.25) is 0 Å². The zero-order valence-electron chi connectivity index (χ0n) is 20.6. The minimum atomic E-state index is -0.826. The van der Waals surface area contributed by atoms with Gasteiger partial charge in [0.25, 0.3) is 0 Å². The SMILES string of the molecule is CCCCN(C1C(C)=C(C)C(C)=C1C)C1c2ccccc2-c2ccccc21.[CH3-].[CH3-].[Cl][Zr+2][Cl]. The van der Waals surface area contributed by atoms with E-state index in [0.29, 0.717) is 12.1 Å². The first kappa shape index (κ1) is 29.4. The van der Waals surface area contributed by atoms with Gasteiger partial charge in [-0.3, -0.25) is 4.90 Å². The molecule has 0 fully saturated rings. The molecular weight excluding hydrogens is 512 g/mol. The summed E-state index contributed by atoms with van der Waals surface area (Å²) in [7, 11) is 9.87. The minimum absolute atomic E-state index is 0. The number of rotatable bonds is 5. The number of benzene rings is 2. The van der Waals surface area contributed by atoms with Gasteiger partial charge in [0, 0.05) is 0 Å². The first-order valence-electron chi connectivity index (χ1n) is 10.7. The van der Waals surface area contributed by atoms with Crippen LogP contribution in [0, 0.1) is 14.9 Å². The fraction of sp³-hybridized carbons (Fsp3) is 0.357. The summed E-state index contributed by atoms with van der Waals surface area (Å²) in [6.07, 6.45) is 2.46. The Morgan fingerprint density at radius 3 is 1.56 bits per heavy atom. The van der Waals surface area contributed by atoms with Crippen molar-refractivity contribution in [2.24, 2.45) is 0 Å². The summed E-state index contributed by atoms with van der Waals surface area (Å²) in [4.78, 5) is 2.78. The van der Waals surface area contributed by atoms with Crippen LogP contribution < -0.4 is 0 Å². The average Bonchev–Trinajstić information content (AvgIpc) is 3.18. The van der Waals surface area contributed by atoms with Gasteiger partial charge < -0.3 is 14.9 Å². The fourth-order valence-electron chi connectivity index (χ4n) is 5.06. The van der Waals surface area contributed by atoms with Crippen LogP contribution in [-0.2, 0) is 20.8 Å². The Morgan fingerprint density at radius 2 is 1.16 bits per heavy atom. The first-order chi connectivity index (χ1) is 14.5. The Hall–Kier alpha value is -0.657. The molecule has 4 rings (SSSR count). The van der Waals surface area contributed by atoms with Crippen molar-refractivity contribution in [2.75, 3.05) is 6.54 Å². The summed E-state index contributed by atoms with van der Waals surface area (Å²) in [6.45, 7) is 12.7. The van der Waals surface area contributed by atoms with Gasteiger partial charge in [-0.25, -0.2) is 0 Å². The van der Waals surface area contributed by atoms with Crippen LogP contribution in [0.5, 0.6) is 0 Å².